The smallest absolute Gasteiger partial charge is 0.289 e. The average molecular weight is 382 g/mol. The van der Waals surface area contributed by atoms with E-state index < -0.39 is 0 Å². The third kappa shape index (κ3) is 3.63. The molecule has 0 spiro atoms. The van der Waals surface area contributed by atoms with E-state index in [1.54, 1.807) is 24.1 Å². The Bertz CT molecular complexity index is 816. The van der Waals surface area contributed by atoms with Crippen molar-refractivity contribution >= 4 is 11.8 Å². The van der Waals surface area contributed by atoms with Gasteiger partial charge in [0, 0.05) is 19.6 Å². The molecule has 28 heavy (non-hydrogen) atoms. The lowest BCUT2D eigenvalue weighted by Gasteiger charge is -2.35. The van der Waals surface area contributed by atoms with Crippen LogP contribution in [0.15, 0.2) is 47.1 Å². The van der Waals surface area contributed by atoms with Crippen molar-refractivity contribution in [3.8, 4) is 5.75 Å². The molecule has 6 nitrogen and oxygen atoms in total. The zero-order valence-electron chi connectivity index (χ0n) is 16.2. The van der Waals surface area contributed by atoms with Crippen molar-refractivity contribution in [2.75, 3.05) is 26.7 Å². The fourth-order valence-electron chi connectivity index (χ4n) is 4.36. The molecule has 2 aliphatic heterocycles. The molecule has 0 saturated carbocycles. The number of benzene rings is 1. The summed E-state index contributed by atoms with van der Waals surface area (Å²) >= 11 is 0. The van der Waals surface area contributed by atoms with Gasteiger partial charge in [0.15, 0.2) is 5.76 Å². The lowest BCUT2D eigenvalue weighted by Crippen LogP contribution is -2.46. The minimum atomic E-state index is -0.147. The molecule has 1 aromatic heterocycles. The topological polar surface area (TPSA) is 63.0 Å². The van der Waals surface area contributed by atoms with Gasteiger partial charge in [0.25, 0.3) is 5.91 Å². The number of ether oxygens (including phenoxy) is 1. The van der Waals surface area contributed by atoms with E-state index in [9.17, 15) is 9.59 Å². The predicted molar refractivity (Wildman–Crippen MR) is 104 cm³/mol. The molecular formula is C22H26N2O4. The standard InChI is InChI=1S/C22H26N2O4/c1-27-18-10-8-16(9-11-18)19-6-3-13-24(19)21(25)17-5-2-12-23(15-17)22(26)20-7-4-14-28-20/h4,7-11,14,17,19H,2-3,5-6,12-13,15H2,1H3/t17-,19+/m0/s1. The molecule has 2 atom stereocenters. The molecule has 4 rings (SSSR count). The van der Waals surface area contributed by atoms with Crippen molar-refractivity contribution < 1.29 is 18.7 Å². The van der Waals surface area contributed by atoms with Gasteiger partial charge in [0.2, 0.25) is 5.91 Å². The van der Waals surface area contributed by atoms with Crippen LogP contribution in [0, 0.1) is 5.92 Å². The number of carbonyl (C=O) groups is 2. The molecule has 2 amide bonds. The molecule has 0 bridgehead atoms. The summed E-state index contributed by atoms with van der Waals surface area (Å²) in [4.78, 5) is 29.7. The summed E-state index contributed by atoms with van der Waals surface area (Å²) in [6.45, 7) is 1.91. The summed E-state index contributed by atoms with van der Waals surface area (Å²) in [7, 11) is 1.65. The third-order valence-electron chi connectivity index (χ3n) is 5.83. The fraction of sp³-hybridized carbons (Fsp3) is 0.455. The number of furan rings is 1. The number of rotatable bonds is 4. The van der Waals surface area contributed by atoms with E-state index in [-0.39, 0.29) is 23.8 Å². The van der Waals surface area contributed by atoms with Gasteiger partial charge in [-0.3, -0.25) is 9.59 Å². The predicted octanol–water partition coefficient (Wildman–Crippen LogP) is 3.50. The highest BCUT2D eigenvalue weighted by molar-refractivity contribution is 5.92. The van der Waals surface area contributed by atoms with Gasteiger partial charge in [-0.2, -0.15) is 0 Å². The number of hydrogen-bond acceptors (Lipinski definition) is 4. The number of likely N-dealkylation sites (tertiary alicyclic amines) is 2. The van der Waals surface area contributed by atoms with E-state index in [0.717, 1.165) is 43.5 Å². The maximum atomic E-state index is 13.3. The molecule has 2 aliphatic rings. The van der Waals surface area contributed by atoms with Crippen molar-refractivity contribution in [1.29, 1.82) is 0 Å². The molecule has 0 N–H and O–H groups in total. The highest BCUT2D eigenvalue weighted by Crippen LogP contribution is 2.35. The first-order valence-electron chi connectivity index (χ1n) is 9.94. The number of hydrogen-bond donors (Lipinski definition) is 0. The fourth-order valence-corrected chi connectivity index (χ4v) is 4.36. The summed E-state index contributed by atoms with van der Waals surface area (Å²) in [5.74, 6) is 1.04. The summed E-state index contributed by atoms with van der Waals surface area (Å²) in [5, 5.41) is 0. The molecular weight excluding hydrogens is 356 g/mol. The average Bonchev–Trinajstić information content (AvgIpc) is 3.45. The number of amides is 2. The van der Waals surface area contributed by atoms with Gasteiger partial charge in [-0.25, -0.2) is 0 Å². The molecule has 3 heterocycles. The Morgan fingerprint density at radius 2 is 1.86 bits per heavy atom. The molecule has 2 aromatic rings. The van der Waals surface area contributed by atoms with Crippen LogP contribution in [0.2, 0.25) is 0 Å². The van der Waals surface area contributed by atoms with E-state index >= 15 is 0 Å². The van der Waals surface area contributed by atoms with Crippen molar-refractivity contribution in [3.05, 3.63) is 54.0 Å². The SMILES string of the molecule is COc1ccc([C@H]2CCCN2C(=O)[C@H]2CCCN(C(=O)c3ccco3)C2)cc1. The Labute approximate surface area is 165 Å². The van der Waals surface area contributed by atoms with Gasteiger partial charge < -0.3 is 19.0 Å². The second kappa shape index (κ2) is 8.09. The van der Waals surface area contributed by atoms with Crippen molar-refractivity contribution in [2.45, 2.75) is 31.7 Å². The van der Waals surface area contributed by atoms with E-state index in [1.807, 2.05) is 29.2 Å². The lowest BCUT2D eigenvalue weighted by atomic mass is 9.95. The van der Waals surface area contributed by atoms with Crippen LogP contribution < -0.4 is 4.74 Å². The zero-order valence-corrected chi connectivity index (χ0v) is 16.2. The molecule has 0 unspecified atom stereocenters. The maximum absolute atomic E-state index is 13.3. The summed E-state index contributed by atoms with van der Waals surface area (Å²) < 4.78 is 10.5. The van der Waals surface area contributed by atoms with Crippen LogP contribution in [0.1, 0.15) is 47.8 Å². The Morgan fingerprint density at radius 1 is 1.07 bits per heavy atom. The molecule has 2 saturated heterocycles. The Hall–Kier alpha value is -2.76. The first-order chi connectivity index (χ1) is 13.7. The minimum Gasteiger partial charge on any atom is -0.497 e. The van der Waals surface area contributed by atoms with Crippen LogP contribution in [0.5, 0.6) is 5.75 Å². The van der Waals surface area contributed by atoms with Gasteiger partial charge in [-0.1, -0.05) is 12.1 Å². The van der Waals surface area contributed by atoms with Gasteiger partial charge in [-0.15, -0.1) is 0 Å². The number of piperidine rings is 1. The van der Waals surface area contributed by atoms with Crippen LogP contribution in [-0.4, -0.2) is 48.4 Å². The zero-order chi connectivity index (χ0) is 19.5. The van der Waals surface area contributed by atoms with Gasteiger partial charge in [0.1, 0.15) is 5.75 Å². The van der Waals surface area contributed by atoms with Crippen LogP contribution >= 0.6 is 0 Å². The van der Waals surface area contributed by atoms with E-state index in [4.69, 9.17) is 9.15 Å². The second-order valence-electron chi connectivity index (χ2n) is 7.53. The molecule has 2 fully saturated rings. The van der Waals surface area contributed by atoms with Crippen molar-refractivity contribution in [3.63, 3.8) is 0 Å². The molecule has 0 aliphatic carbocycles. The quantitative estimate of drug-likeness (QED) is 0.812. The first-order valence-corrected chi connectivity index (χ1v) is 9.94. The highest BCUT2D eigenvalue weighted by atomic mass is 16.5. The molecule has 148 valence electrons. The number of nitrogens with zero attached hydrogens (tertiary/aromatic N) is 2. The first kappa shape index (κ1) is 18.6. The largest absolute Gasteiger partial charge is 0.497 e. The Morgan fingerprint density at radius 3 is 2.57 bits per heavy atom. The molecule has 6 heteroatoms. The minimum absolute atomic E-state index is 0.106. The van der Waals surface area contributed by atoms with E-state index in [2.05, 4.69) is 0 Å². The summed E-state index contributed by atoms with van der Waals surface area (Å²) in [6.07, 6.45) is 5.14. The normalized spacial score (nSPS) is 22.3. The monoisotopic (exact) mass is 382 g/mol. The Balaban J connectivity index is 1.45. The van der Waals surface area contributed by atoms with Gasteiger partial charge in [0.05, 0.1) is 25.3 Å². The Kier molecular flexibility index (Phi) is 5.37. The highest BCUT2D eigenvalue weighted by Gasteiger charge is 2.37. The molecule has 1 aromatic carbocycles. The third-order valence-corrected chi connectivity index (χ3v) is 5.83. The van der Waals surface area contributed by atoms with Crippen molar-refractivity contribution in [1.82, 2.24) is 9.80 Å². The number of carbonyl (C=O) groups excluding carboxylic acids is 2. The van der Waals surface area contributed by atoms with E-state index in [1.165, 1.54) is 6.26 Å². The van der Waals surface area contributed by atoms with Crippen LogP contribution in [-0.2, 0) is 4.79 Å². The van der Waals surface area contributed by atoms with Crippen LogP contribution in [0.25, 0.3) is 0 Å². The summed E-state index contributed by atoms with van der Waals surface area (Å²) in [5.41, 5.74) is 1.14. The molecule has 0 radical (unpaired) electrons. The van der Waals surface area contributed by atoms with Crippen LogP contribution in [0.4, 0.5) is 0 Å². The maximum Gasteiger partial charge on any atom is 0.289 e. The summed E-state index contributed by atoms with van der Waals surface area (Å²) in [6, 6.07) is 11.5. The van der Waals surface area contributed by atoms with E-state index in [0.29, 0.717) is 18.8 Å². The lowest BCUT2D eigenvalue weighted by molar-refractivity contribution is -0.138. The second-order valence-corrected chi connectivity index (χ2v) is 7.53. The van der Waals surface area contributed by atoms with Crippen molar-refractivity contribution in [2.24, 2.45) is 5.92 Å². The number of methoxy groups -OCH3 is 1. The van der Waals surface area contributed by atoms with Gasteiger partial charge >= 0.3 is 0 Å². The van der Waals surface area contributed by atoms with Gasteiger partial charge in [-0.05, 0) is 55.5 Å². The van der Waals surface area contributed by atoms with Crippen LogP contribution in [0.3, 0.4) is 0 Å².